The average Bonchev–Trinajstić information content (AvgIpc) is 3.08. The summed E-state index contributed by atoms with van der Waals surface area (Å²) in [6.07, 6.45) is 10.6. The lowest BCUT2D eigenvalue weighted by Crippen LogP contribution is -2.37. The van der Waals surface area contributed by atoms with Gasteiger partial charge in [0.15, 0.2) is 0 Å². The van der Waals surface area contributed by atoms with Gasteiger partial charge in [0, 0.05) is 18.4 Å². The van der Waals surface area contributed by atoms with Crippen LogP contribution in [0.25, 0.3) is 0 Å². The van der Waals surface area contributed by atoms with Crippen molar-refractivity contribution in [1.82, 2.24) is 9.88 Å². The number of carbonyl (C=O) groups excluding carboxylic acids is 1. The van der Waals surface area contributed by atoms with Gasteiger partial charge in [-0.15, -0.1) is 0 Å². The van der Waals surface area contributed by atoms with Gasteiger partial charge in [-0.1, -0.05) is 49.1 Å². The number of amides is 1. The van der Waals surface area contributed by atoms with Crippen LogP contribution in [0, 0.1) is 6.92 Å². The zero-order valence-corrected chi connectivity index (χ0v) is 13.9. The third-order valence-corrected chi connectivity index (χ3v) is 4.76. The van der Waals surface area contributed by atoms with Crippen LogP contribution in [-0.2, 0) is 4.79 Å². The summed E-state index contributed by atoms with van der Waals surface area (Å²) in [5.41, 5.74) is 2.42. The molecule has 0 saturated heterocycles. The highest BCUT2D eigenvalue weighted by Gasteiger charge is 2.20. The van der Waals surface area contributed by atoms with Crippen LogP contribution < -0.4 is 5.32 Å². The summed E-state index contributed by atoms with van der Waals surface area (Å²) >= 11 is 0. The minimum absolute atomic E-state index is 0.0634. The van der Waals surface area contributed by atoms with Crippen molar-refractivity contribution in [2.24, 2.45) is 0 Å². The van der Waals surface area contributed by atoms with Crippen LogP contribution in [0.1, 0.15) is 55.7 Å². The average molecular weight is 310 g/mol. The summed E-state index contributed by atoms with van der Waals surface area (Å²) in [5.74, 6) is 0.164. The predicted octanol–water partition coefficient (Wildman–Crippen LogP) is 4.22. The number of nitrogens with zero attached hydrogens (tertiary/aromatic N) is 1. The van der Waals surface area contributed by atoms with Gasteiger partial charge in [0.05, 0.1) is 12.5 Å². The molecule has 3 heteroatoms. The van der Waals surface area contributed by atoms with Crippen LogP contribution in [0.15, 0.2) is 48.8 Å². The first-order valence-corrected chi connectivity index (χ1v) is 8.71. The minimum atomic E-state index is 0.0634. The molecule has 1 saturated carbocycles. The number of aromatic nitrogens is 1. The number of hydrogen-bond donors (Lipinski definition) is 1. The number of carbonyl (C=O) groups is 1. The highest BCUT2D eigenvalue weighted by molar-refractivity contribution is 5.77. The minimum Gasteiger partial charge on any atom is -0.353 e. The fourth-order valence-electron chi connectivity index (χ4n) is 3.54. The normalized spacial score (nSPS) is 16.9. The molecular weight excluding hydrogens is 284 g/mol. The quantitative estimate of drug-likeness (QED) is 0.881. The molecule has 0 radical (unpaired) electrons. The van der Waals surface area contributed by atoms with Gasteiger partial charge in [0.25, 0.3) is 0 Å². The van der Waals surface area contributed by atoms with Gasteiger partial charge >= 0.3 is 0 Å². The van der Waals surface area contributed by atoms with Crippen molar-refractivity contribution in [2.75, 3.05) is 0 Å². The Bertz CT molecular complexity index is 627. The van der Waals surface area contributed by atoms with Crippen molar-refractivity contribution >= 4 is 5.91 Å². The molecule has 1 aromatic carbocycles. The van der Waals surface area contributed by atoms with E-state index in [1.165, 1.54) is 30.4 Å². The molecule has 3 nitrogen and oxygen atoms in total. The van der Waals surface area contributed by atoms with Gasteiger partial charge in [-0.05, 0) is 37.5 Å². The molecule has 23 heavy (non-hydrogen) atoms. The van der Waals surface area contributed by atoms with E-state index in [1.54, 1.807) is 0 Å². The fraction of sp³-hybridized carbons (Fsp3) is 0.450. The predicted molar refractivity (Wildman–Crippen MR) is 93.4 cm³/mol. The summed E-state index contributed by atoms with van der Waals surface area (Å²) in [6.45, 7) is 2.10. The van der Waals surface area contributed by atoms with Gasteiger partial charge in [-0.25, -0.2) is 0 Å². The summed E-state index contributed by atoms with van der Waals surface area (Å²) in [6, 6.07) is 12.9. The Balaban J connectivity index is 1.72. The van der Waals surface area contributed by atoms with E-state index < -0.39 is 0 Å². The van der Waals surface area contributed by atoms with Gasteiger partial charge in [0.2, 0.25) is 5.91 Å². The topological polar surface area (TPSA) is 34.0 Å². The maximum atomic E-state index is 12.6. The van der Waals surface area contributed by atoms with E-state index in [1.807, 2.05) is 24.5 Å². The Morgan fingerprint density at radius 2 is 1.91 bits per heavy atom. The lowest BCUT2D eigenvalue weighted by Gasteiger charge is -2.25. The maximum absolute atomic E-state index is 12.6. The molecule has 1 atom stereocenters. The summed E-state index contributed by atoms with van der Waals surface area (Å²) in [7, 11) is 0. The van der Waals surface area contributed by atoms with Crippen LogP contribution >= 0.6 is 0 Å². The van der Waals surface area contributed by atoms with E-state index >= 15 is 0 Å². The van der Waals surface area contributed by atoms with E-state index in [0.29, 0.717) is 12.5 Å². The Morgan fingerprint density at radius 3 is 2.61 bits per heavy atom. The van der Waals surface area contributed by atoms with Gasteiger partial charge in [-0.3, -0.25) is 4.79 Å². The molecule has 1 aliphatic rings. The van der Waals surface area contributed by atoms with Gasteiger partial charge < -0.3 is 9.88 Å². The van der Waals surface area contributed by atoms with E-state index in [2.05, 4.69) is 41.1 Å². The van der Waals surface area contributed by atoms with Crippen LogP contribution in [0.3, 0.4) is 0 Å². The number of hydrogen-bond acceptors (Lipinski definition) is 1. The van der Waals surface area contributed by atoms with E-state index in [0.717, 1.165) is 12.8 Å². The highest BCUT2D eigenvalue weighted by atomic mass is 16.1. The molecule has 3 rings (SSSR count). The Hall–Kier alpha value is -2.03. The molecule has 1 aliphatic carbocycles. The summed E-state index contributed by atoms with van der Waals surface area (Å²) in [4.78, 5) is 12.6. The largest absolute Gasteiger partial charge is 0.353 e. The molecule has 0 bridgehead atoms. The molecular formula is C20H26N2O. The Labute approximate surface area is 138 Å². The molecule has 0 aliphatic heterocycles. The molecule has 122 valence electrons. The van der Waals surface area contributed by atoms with Crippen LogP contribution in [0.2, 0.25) is 0 Å². The molecule has 1 N–H and O–H groups in total. The van der Waals surface area contributed by atoms with Crippen molar-refractivity contribution < 1.29 is 4.79 Å². The number of aryl methyl sites for hydroxylation is 1. The number of rotatable bonds is 5. The van der Waals surface area contributed by atoms with Gasteiger partial charge in [0.1, 0.15) is 0 Å². The highest BCUT2D eigenvalue weighted by Crippen LogP contribution is 2.24. The lowest BCUT2D eigenvalue weighted by molar-refractivity contribution is -0.122. The van der Waals surface area contributed by atoms with Crippen LogP contribution in [-0.4, -0.2) is 16.5 Å². The second-order valence-electron chi connectivity index (χ2n) is 6.67. The Kier molecular flexibility index (Phi) is 5.16. The summed E-state index contributed by atoms with van der Waals surface area (Å²) < 4.78 is 2.13. The second-order valence-corrected chi connectivity index (χ2v) is 6.67. The maximum Gasteiger partial charge on any atom is 0.222 e. The molecule has 2 aromatic rings. The first-order valence-electron chi connectivity index (χ1n) is 8.71. The van der Waals surface area contributed by atoms with Gasteiger partial charge in [-0.2, -0.15) is 0 Å². The molecule has 1 amide bonds. The lowest BCUT2D eigenvalue weighted by atomic mass is 9.95. The molecule has 0 spiro atoms. The molecule has 1 heterocycles. The summed E-state index contributed by atoms with van der Waals surface area (Å²) in [5, 5.41) is 3.24. The van der Waals surface area contributed by atoms with Crippen LogP contribution in [0.5, 0.6) is 0 Å². The first kappa shape index (κ1) is 15.9. The van der Waals surface area contributed by atoms with Crippen LogP contribution in [0.4, 0.5) is 0 Å². The second kappa shape index (κ2) is 7.49. The van der Waals surface area contributed by atoms with E-state index in [4.69, 9.17) is 0 Å². The first-order chi connectivity index (χ1) is 11.2. The van der Waals surface area contributed by atoms with Crippen molar-refractivity contribution in [2.45, 2.75) is 57.5 Å². The SMILES string of the molecule is Cc1cccc(C(CC(=O)NC2CCCCC2)n2cccc2)c1. The van der Waals surface area contributed by atoms with Crippen molar-refractivity contribution in [1.29, 1.82) is 0 Å². The number of nitrogens with one attached hydrogen (secondary N) is 1. The fourth-order valence-corrected chi connectivity index (χ4v) is 3.54. The third kappa shape index (κ3) is 4.25. The van der Waals surface area contributed by atoms with Crippen molar-refractivity contribution in [3.8, 4) is 0 Å². The van der Waals surface area contributed by atoms with Crippen molar-refractivity contribution in [3.63, 3.8) is 0 Å². The molecule has 1 aromatic heterocycles. The standard InChI is InChI=1S/C20H26N2O/c1-16-8-7-9-17(14-16)19(22-12-5-6-13-22)15-20(23)21-18-10-3-2-4-11-18/h5-9,12-14,18-19H,2-4,10-11,15H2,1H3,(H,21,23). The van der Waals surface area contributed by atoms with Crippen molar-refractivity contribution in [3.05, 3.63) is 59.9 Å². The number of benzene rings is 1. The monoisotopic (exact) mass is 310 g/mol. The van der Waals surface area contributed by atoms with E-state index in [-0.39, 0.29) is 11.9 Å². The molecule has 1 unspecified atom stereocenters. The van der Waals surface area contributed by atoms with E-state index in [9.17, 15) is 4.79 Å². The zero-order valence-electron chi connectivity index (χ0n) is 13.9. The smallest absolute Gasteiger partial charge is 0.222 e. The Morgan fingerprint density at radius 1 is 1.17 bits per heavy atom. The zero-order chi connectivity index (χ0) is 16.1. The third-order valence-electron chi connectivity index (χ3n) is 4.76. The molecule has 1 fully saturated rings.